The van der Waals surface area contributed by atoms with Gasteiger partial charge in [0.05, 0.1) is 5.02 Å². The molecule has 2 nitrogen and oxygen atoms in total. The van der Waals surface area contributed by atoms with Crippen molar-refractivity contribution in [3.8, 4) is 0 Å². The maximum absolute atomic E-state index is 6.01. The molecule has 0 aromatic heterocycles. The topological polar surface area (TPSA) is 52.0 Å². The zero-order valence-corrected chi connectivity index (χ0v) is 10.6. The van der Waals surface area contributed by atoms with Gasteiger partial charge in [-0.15, -0.1) is 0 Å². The number of nitrogens with two attached hydrogens (primary N) is 2. The highest BCUT2D eigenvalue weighted by Gasteiger charge is 2.15. The summed E-state index contributed by atoms with van der Waals surface area (Å²) in [5, 5.41) is 0.613. The summed E-state index contributed by atoms with van der Waals surface area (Å²) in [6, 6.07) is 3.56. The van der Waals surface area contributed by atoms with E-state index in [-0.39, 0.29) is 6.04 Å². The van der Waals surface area contributed by atoms with E-state index in [1.54, 1.807) is 6.07 Å². The Kier molecular flexibility index (Phi) is 3.81. The molecule has 0 amide bonds. The lowest BCUT2D eigenvalue weighted by molar-refractivity contribution is 0.515. The molecule has 0 unspecified atom stereocenters. The van der Waals surface area contributed by atoms with E-state index in [4.69, 9.17) is 23.1 Å². The number of hydrogen-bond donors (Lipinski definition) is 2. The summed E-state index contributed by atoms with van der Waals surface area (Å²) < 4.78 is 0.833. The summed E-state index contributed by atoms with van der Waals surface area (Å²) in [5.74, 6) is 0.352. The third-order valence-corrected chi connectivity index (χ3v) is 3.40. The smallest absolute Gasteiger partial charge is 0.0568 e. The van der Waals surface area contributed by atoms with Crippen molar-refractivity contribution in [1.82, 2.24) is 0 Å². The van der Waals surface area contributed by atoms with Gasteiger partial charge in [-0.1, -0.05) is 25.4 Å². The predicted octanol–water partition coefficient (Wildman–Crippen LogP) is 3.34. The number of benzene rings is 1. The monoisotopic (exact) mass is 276 g/mol. The summed E-state index contributed by atoms with van der Waals surface area (Å²) in [5.41, 5.74) is 13.5. The molecule has 0 aliphatic heterocycles. The fourth-order valence-corrected chi connectivity index (χ4v) is 1.76. The fraction of sp³-hybridized carbons (Fsp3) is 0.400. The first-order valence-corrected chi connectivity index (χ1v) is 5.60. The fourth-order valence-electron chi connectivity index (χ4n) is 1.23. The van der Waals surface area contributed by atoms with Crippen LogP contribution in [-0.4, -0.2) is 0 Å². The average Bonchev–Trinajstić information content (AvgIpc) is 2.10. The van der Waals surface area contributed by atoms with Crippen LogP contribution in [-0.2, 0) is 0 Å². The second-order valence-corrected chi connectivity index (χ2v) is 4.93. The minimum atomic E-state index is -0.0523. The van der Waals surface area contributed by atoms with Crippen molar-refractivity contribution in [3.05, 3.63) is 27.2 Å². The van der Waals surface area contributed by atoms with E-state index in [1.165, 1.54) is 0 Å². The highest BCUT2D eigenvalue weighted by Crippen LogP contribution is 2.32. The summed E-state index contributed by atoms with van der Waals surface area (Å²) in [6.45, 7) is 4.12. The highest BCUT2D eigenvalue weighted by molar-refractivity contribution is 9.10. The molecule has 1 rings (SSSR count). The van der Waals surface area contributed by atoms with Crippen LogP contribution in [0.4, 0.5) is 5.69 Å². The Labute approximate surface area is 97.7 Å². The predicted molar refractivity (Wildman–Crippen MR) is 65.3 cm³/mol. The van der Waals surface area contributed by atoms with Gasteiger partial charge in [-0.05, 0) is 39.5 Å². The standard InChI is InChI=1S/C10H14BrClN2/c1-5(2)10(14)6-3-7(11)8(12)4-9(6)13/h3-5,10H,13-14H2,1-2H3/t10-/m1/s1. The molecule has 14 heavy (non-hydrogen) atoms. The quantitative estimate of drug-likeness (QED) is 0.815. The first kappa shape index (κ1) is 11.8. The molecule has 0 bridgehead atoms. The summed E-state index contributed by atoms with van der Waals surface area (Å²) in [4.78, 5) is 0. The maximum Gasteiger partial charge on any atom is 0.0568 e. The molecule has 1 aromatic rings. The lowest BCUT2D eigenvalue weighted by Crippen LogP contribution is -2.18. The lowest BCUT2D eigenvalue weighted by atomic mass is 9.96. The van der Waals surface area contributed by atoms with E-state index >= 15 is 0 Å². The molecule has 4 N–H and O–H groups in total. The van der Waals surface area contributed by atoms with Crippen molar-refractivity contribution >= 4 is 33.2 Å². The summed E-state index contributed by atoms with van der Waals surface area (Å²) >= 11 is 9.26. The number of nitrogen functional groups attached to an aromatic ring is 1. The van der Waals surface area contributed by atoms with Crippen LogP contribution < -0.4 is 11.5 Å². The molecule has 0 radical (unpaired) electrons. The van der Waals surface area contributed by atoms with Gasteiger partial charge >= 0.3 is 0 Å². The SMILES string of the molecule is CC(C)[C@@H](N)c1cc(Br)c(Cl)cc1N. The third-order valence-electron chi connectivity index (χ3n) is 2.20. The second kappa shape index (κ2) is 4.51. The largest absolute Gasteiger partial charge is 0.398 e. The zero-order valence-electron chi connectivity index (χ0n) is 8.22. The summed E-state index contributed by atoms with van der Waals surface area (Å²) in [7, 11) is 0. The molecule has 0 aliphatic carbocycles. The molecule has 4 heteroatoms. The van der Waals surface area contributed by atoms with E-state index in [2.05, 4.69) is 29.8 Å². The maximum atomic E-state index is 6.01. The summed E-state index contributed by atoms with van der Waals surface area (Å²) in [6.07, 6.45) is 0. The Hall–Kier alpha value is -0.250. The molecule has 0 heterocycles. The van der Waals surface area contributed by atoms with Gasteiger partial charge < -0.3 is 11.5 Å². The molecular formula is C10H14BrClN2. The van der Waals surface area contributed by atoms with Gasteiger partial charge in [-0.3, -0.25) is 0 Å². The first-order chi connectivity index (χ1) is 6.43. The molecule has 0 fully saturated rings. The van der Waals surface area contributed by atoms with E-state index in [1.807, 2.05) is 6.07 Å². The van der Waals surface area contributed by atoms with Crippen molar-refractivity contribution < 1.29 is 0 Å². The second-order valence-electron chi connectivity index (χ2n) is 3.67. The van der Waals surface area contributed by atoms with Crippen LogP contribution in [0, 0.1) is 5.92 Å². The third kappa shape index (κ3) is 2.41. The van der Waals surface area contributed by atoms with Crippen LogP contribution in [0.2, 0.25) is 5.02 Å². The molecule has 0 spiro atoms. The van der Waals surface area contributed by atoms with Gasteiger partial charge in [-0.2, -0.15) is 0 Å². The molecule has 1 atom stereocenters. The Morgan fingerprint density at radius 3 is 2.43 bits per heavy atom. The van der Waals surface area contributed by atoms with Gasteiger partial charge in [0.2, 0.25) is 0 Å². The van der Waals surface area contributed by atoms with E-state index < -0.39 is 0 Å². The van der Waals surface area contributed by atoms with Crippen LogP contribution >= 0.6 is 27.5 Å². The molecule has 0 aliphatic rings. The van der Waals surface area contributed by atoms with Crippen LogP contribution in [0.1, 0.15) is 25.5 Å². The molecule has 0 saturated heterocycles. The molecular weight excluding hydrogens is 263 g/mol. The lowest BCUT2D eigenvalue weighted by Gasteiger charge is -2.18. The number of rotatable bonds is 2. The molecule has 1 aromatic carbocycles. The van der Waals surface area contributed by atoms with Crippen molar-refractivity contribution in [2.24, 2.45) is 11.7 Å². The molecule has 0 saturated carbocycles. The van der Waals surface area contributed by atoms with Gasteiger partial charge in [0, 0.05) is 16.2 Å². The van der Waals surface area contributed by atoms with Crippen LogP contribution in [0.3, 0.4) is 0 Å². The van der Waals surface area contributed by atoms with Crippen molar-refractivity contribution in [3.63, 3.8) is 0 Å². The Morgan fingerprint density at radius 1 is 1.36 bits per heavy atom. The van der Waals surface area contributed by atoms with Gasteiger partial charge in [-0.25, -0.2) is 0 Å². The highest BCUT2D eigenvalue weighted by atomic mass is 79.9. The van der Waals surface area contributed by atoms with Crippen molar-refractivity contribution in [2.45, 2.75) is 19.9 Å². The van der Waals surface area contributed by atoms with E-state index in [0.717, 1.165) is 10.0 Å². The van der Waals surface area contributed by atoms with Crippen LogP contribution in [0.5, 0.6) is 0 Å². The van der Waals surface area contributed by atoms with Crippen molar-refractivity contribution in [2.75, 3.05) is 5.73 Å². The van der Waals surface area contributed by atoms with Crippen LogP contribution in [0.15, 0.2) is 16.6 Å². The Balaban J connectivity index is 3.15. The van der Waals surface area contributed by atoms with Crippen LogP contribution in [0.25, 0.3) is 0 Å². The van der Waals surface area contributed by atoms with Gasteiger partial charge in [0.1, 0.15) is 0 Å². The van der Waals surface area contributed by atoms with Gasteiger partial charge in [0.15, 0.2) is 0 Å². The minimum Gasteiger partial charge on any atom is -0.398 e. The number of anilines is 1. The molecule has 78 valence electrons. The number of halogens is 2. The number of hydrogen-bond acceptors (Lipinski definition) is 2. The normalized spacial score (nSPS) is 13.3. The van der Waals surface area contributed by atoms with Gasteiger partial charge in [0.25, 0.3) is 0 Å². The minimum absolute atomic E-state index is 0.0523. The van der Waals surface area contributed by atoms with E-state index in [0.29, 0.717) is 16.6 Å². The van der Waals surface area contributed by atoms with E-state index in [9.17, 15) is 0 Å². The first-order valence-electron chi connectivity index (χ1n) is 4.43. The zero-order chi connectivity index (χ0) is 10.9. The Morgan fingerprint density at radius 2 is 1.93 bits per heavy atom. The average molecular weight is 278 g/mol. The Bertz CT molecular complexity index is 339. The van der Waals surface area contributed by atoms with Crippen molar-refractivity contribution in [1.29, 1.82) is 0 Å².